The molecule has 0 spiro atoms. The van der Waals surface area contributed by atoms with Gasteiger partial charge in [0.1, 0.15) is 5.82 Å². The Morgan fingerprint density at radius 3 is 2.62 bits per heavy atom. The highest BCUT2D eigenvalue weighted by atomic mass is 16.5. The summed E-state index contributed by atoms with van der Waals surface area (Å²) in [6.07, 6.45) is 5.78. The van der Waals surface area contributed by atoms with E-state index in [1.807, 2.05) is 6.07 Å². The Kier molecular flexibility index (Phi) is 9.36. The molecule has 1 aromatic carbocycles. The number of likely N-dealkylation sites (N-methyl/N-ethyl adjacent to an activating group) is 1. The number of methoxy groups -OCH3 is 3. The van der Waals surface area contributed by atoms with Gasteiger partial charge in [-0.05, 0) is 37.4 Å². The van der Waals surface area contributed by atoms with Crippen molar-refractivity contribution in [3.8, 4) is 17.2 Å². The van der Waals surface area contributed by atoms with Crippen LogP contribution in [0, 0.1) is 5.92 Å². The van der Waals surface area contributed by atoms with E-state index in [1.54, 1.807) is 44.7 Å². The van der Waals surface area contributed by atoms with E-state index >= 15 is 0 Å². The van der Waals surface area contributed by atoms with Gasteiger partial charge in [0.2, 0.25) is 11.7 Å². The summed E-state index contributed by atoms with van der Waals surface area (Å²) < 4.78 is 17.1. The van der Waals surface area contributed by atoms with Crippen LogP contribution in [0.4, 0.5) is 5.82 Å². The fraction of sp³-hybridized carbons (Fsp3) is 0.516. The summed E-state index contributed by atoms with van der Waals surface area (Å²) >= 11 is 0. The van der Waals surface area contributed by atoms with Gasteiger partial charge in [-0.2, -0.15) is 0 Å². The van der Waals surface area contributed by atoms with E-state index in [4.69, 9.17) is 19.2 Å². The van der Waals surface area contributed by atoms with Crippen molar-refractivity contribution in [2.75, 3.05) is 72.0 Å². The van der Waals surface area contributed by atoms with E-state index in [9.17, 15) is 9.59 Å². The number of carbonyl (C=O) groups excluding carboxylic acids is 2. The molecule has 5 rings (SSSR count). The number of H-pyrrole nitrogens is 1. The van der Waals surface area contributed by atoms with Crippen molar-refractivity contribution in [2.24, 2.45) is 5.92 Å². The maximum atomic E-state index is 13.3. The number of benzene rings is 1. The summed E-state index contributed by atoms with van der Waals surface area (Å²) in [6, 6.07) is 5.83. The molecule has 1 saturated heterocycles. The highest BCUT2D eigenvalue weighted by Gasteiger charge is 2.27. The van der Waals surface area contributed by atoms with E-state index < -0.39 is 0 Å². The van der Waals surface area contributed by atoms with Crippen molar-refractivity contribution < 1.29 is 23.8 Å². The molecule has 3 aromatic rings. The summed E-state index contributed by atoms with van der Waals surface area (Å²) in [4.78, 5) is 40.8. The number of fused-ring (bicyclic) bond motifs is 5. The van der Waals surface area contributed by atoms with Crippen LogP contribution >= 0.6 is 0 Å². The predicted octanol–water partition coefficient (Wildman–Crippen LogP) is 3.29. The molecule has 2 amide bonds. The number of hydrogen-bond acceptors (Lipinski definition) is 8. The second-order valence-electron chi connectivity index (χ2n) is 11.0. The number of hydrogen-bond donors (Lipinski definition) is 2. The highest BCUT2D eigenvalue weighted by Crippen LogP contribution is 2.44. The van der Waals surface area contributed by atoms with Gasteiger partial charge in [0.05, 0.1) is 32.4 Å². The predicted molar refractivity (Wildman–Crippen MR) is 162 cm³/mol. The first-order valence-electron chi connectivity index (χ1n) is 14.7. The van der Waals surface area contributed by atoms with E-state index in [1.165, 1.54) is 0 Å². The molecule has 11 heteroatoms. The van der Waals surface area contributed by atoms with Crippen LogP contribution < -0.4 is 24.4 Å². The molecule has 226 valence electrons. The first-order chi connectivity index (χ1) is 20.4. The Morgan fingerprint density at radius 2 is 1.90 bits per heavy atom. The number of aromatic nitrogens is 2. The summed E-state index contributed by atoms with van der Waals surface area (Å²) in [5.74, 6) is 2.81. The van der Waals surface area contributed by atoms with Gasteiger partial charge in [-0.3, -0.25) is 14.5 Å². The van der Waals surface area contributed by atoms with Crippen LogP contribution in [0.15, 0.2) is 30.6 Å². The van der Waals surface area contributed by atoms with Crippen LogP contribution in [-0.4, -0.2) is 98.7 Å². The normalized spacial score (nSPS) is 19.0. The molecule has 2 bridgehead atoms. The molecule has 11 nitrogen and oxygen atoms in total. The third-order valence-electron chi connectivity index (χ3n) is 8.35. The Morgan fingerprint density at radius 1 is 1.07 bits per heavy atom. The first kappa shape index (κ1) is 29.5. The number of piperidine rings is 1. The zero-order valence-corrected chi connectivity index (χ0v) is 25.1. The number of rotatable bonds is 5. The molecule has 1 atom stereocenters. The second-order valence-corrected chi connectivity index (χ2v) is 11.0. The third kappa shape index (κ3) is 6.25. The van der Waals surface area contributed by atoms with Crippen molar-refractivity contribution >= 4 is 28.5 Å². The van der Waals surface area contributed by atoms with Crippen LogP contribution in [0.3, 0.4) is 0 Å². The minimum Gasteiger partial charge on any atom is -0.493 e. The van der Waals surface area contributed by atoms with Crippen molar-refractivity contribution in [3.05, 3.63) is 41.7 Å². The monoisotopic (exact) mass is 578 g/mol. The number of nitrogens with one attached hydrogen (secondary N) is 2. The van der Waals surface area contributed by atoms with Crippen molar-refractivity contribution in [3.63, 3.8) is 0 Å². The minimum absolute atomic E-state index is 0.0288. The standard InChI is InChI=1S/C31H42N6O5/c1-5-35-13-14-36(31(39)22-8-10-32-18-22)12-9-27(38)33-17-21-7-6-11-37(19-21)30-23(20-35)15-24-25(34-30)16-26(40-2)29(42-4)28(24)41-3/h8,10,15-16,18,21,32H,5-7,9,11-14,17,19-20H2,1-4H3,(H,33,38). The minimum atomic E-state index is -0.0785. The van der Waals surface area contributed by atoms with Gasteiger partial charge in [0.15, 0.2) is 11.5 Å². The average Bonchev–Trinajstić information content (AvgIpc) is 3.56. The number of ether oxygens (including phenoxy) is 3. The van der Waals surface area contributed by atoms with E-state index in [2.05, 4.69) is 33.1 Å². The van der Waals surface area contributed by atoms with Gasteiger partial charge in [-0.15, -0.1) is 0 Å². The average molecular weight is 579 g/mol. The molecular formula is C31H42N6O5. The van der Waals surface area contributed by atoms with Crippen molar-refractivity contribution in [2.45, 2.75) is 32.7 Å². The maximum absolute atomic E-state index is 13.3. The Bertz CT molecular complexity index is 1390. The topological polar surface area (TPSA) is 112 Å². The second kappa shape index (κ2) is 13.3. The van der Waals surface area contributed by atoms with Crippen LogP contribution in [0.25, 0.3) is 10.9 Å². The molecule has 2 aliphatic heterocycles. The van der Waals surface area contributed by atoms with Crippen LogP contribution in [0.5, 0.6) is 17.2 Å². The number of amides is 2. The van der Waals surface area contributed by atoms with Crippen molar-refractivity contribution in [1.29, 1.82) is 0 Å². The summed E-state index contributed by atoms with van der Waals surface area (Å²) in [5.41, 5.74) is 2.44. The number of carbonyl (C=O) groups is 2. The quantitative estimate of drug-likeness (QED) is 0.475. The molecule has 2 aromatic heterocycles. The molecule has 4 heterocycles. The zero-order chi connectivity index (χ0) is 29.6. The fourth-order valence-corrected chi connectivity index (χ4v) is 6.03. The van der Waals surface area contributed by atoms with Crippen LogP contribution in [-0.2, 0) is 11.3 Å². The van der Waals surface area contributed by atoms with Gasteiger partial charge in [0, 0.05) is 81.6 Å². The van der Waals surface area contributed by atoms with Gasteiger partial charge >= 0.3 is 0 Å². The molecule has 0 radical (unpaired) electrons. The molecule has 0 aliphatic carbocycles. The summed E-state index contributed by atoms with van der Waals surface area (Å²) in [6.45, 7) is 7.38. The molecule has 2 N–H and O–H groups in total. The lowest BCUT2D eigenvalue weighted by Crippen LogP contribution is -2.42. The molecule has 42 heavy (non-hydrogen) atoms. The molecule has 2 aliphatic rings. The SMILES string of the molecule is CCN1CCN(C(=O)c2cc[nH]c2)CCC(=O)NCC2CCCN(C2)c2nc3cc(OC)c(OC)c(OC)c3cc2C1. The van der Waals surface area contributed by atoms with E-state index in [-0.39, 0.29) is 18.2 Å². The van der Waals surface area contributed by atoms with Gasteiger partial charge < -0.3 is 34.3 Å². The lowest BCUT2D eigenvalue weighted by Gasteiger charge is -2.35. The first-order valence-corrected chi connectivity index (χ1v) is 14.7. The number of nitrogens with zero attached hydrogens (tertiary/aromatic N) is 4. The lowest BCUT2D eigenvalue weighted by molar-refractivity contribution is -0.121. The van der Waals surface area contributed by atoms with Crippen LogP contribution in [0.2, 0.25) is 0 Å². The Balaban J connectivity index is 1.56. The number of anilines is 1. The number of pyridine rings is 1. The maximum Gasteiger partial charge on any atom is 0.255 e. The molecule has 0 saturated carbocycles. The summed E-state index contributed by atoms with van der Waals surface area (Å²) in [5, 5.41) is 3.99. The Labute approximate surface area is 247 Å². The van der Waals surface area contributed by atoms with E-state index in [0.29, 0.717) is 61.5 Å². The largest absolute Gasteiger partial charge is 0.493 e. The van der Waals surface area contributed by atoms with Gasteiger partial charge in [-0.1, -0.05) is 6.92 Å². The molecular weight excluding hydrogens is 536 g/mol. The molecule has 1 fully saturated rings. The smallest absolute Gasteiger partial charge is 0.255 e. The summed E-state index contributed by atoms with van der Waals surface area (Å²) in [7, 11) is 4.84. The van der Waals surface area contributed by atoms with Gasteiger partial charge in [0.25, 0.3) is 5.91 Å². The molecule has 1 unspecified atom stereocenters. The van der Waals surface area contributed by atoms with Gasteiger partial charge in [-0.25, -0.2) is 4.98 Å². The van der Waals surface area contributed by atoms with Crippen molar-refractivity contribution in [1.82, 2.24) is 25.1 Å². The van der Waals surface area contributed by atoms with Crippen LogP contribution in [0.1, 0.15) is 42.1 Å². The number of aromatic amines is 1. The highest BCUT2D eigenvalue weighted by molar-refractivity contribution is 5.94. The Hall–Kier alpha value is -3.99. The third-order valence-corrected chi connectivity index (χ3v) is 8.35. The van der Waals surface area contributed by atoms with E-state index in [0.717, 1.165) is 54.8 Å². The lowest BCUT2D eigenvalue weighted by atomic mass is 9.97. The fourth-order valence-electron chi connectivity index (χ4n) is 6.03. The zero-order valence-electron chi connectivity index (χ0n) is 25.1.